The Balaban J connectivity index is 2.24. The summed E-state index contributed by atoms with van der Waals surface area (Å²) in [5.41, 5.74) is 1.94. The zero-order chi connectivity index (χ0) is 10.7. The number of fused-ring (bicyclic) bond motifs is 1. The van der Waals surface area contributed by atoms with Gasteiger partial charge >= 0.3 is 0 Å². The normalized spacial score (nSPS) is 14.2. The van der Waals surface area contributed by atoms with Gasteiger partial charge in [0.05, 0.1) is 6.61 Å². The highest BCUT2D eigenvalue weighted by atomic mass is 32.1. The Morgan fingerprint density at radius 2 is 2.33 bits per heavy atom. The maximum absolute atomic E-state index is 11.6. The quantitative estimate of drug-likeness (QED) is 0.628. The Bertz CT molecular complexity index is 374. The van der Waals surface area contributed by atoms with E-state index in [0.29, 0.717) is 12.2 Å². The van der Waals surface area contributed by atoms with Crippen LogP contribution in [-0.4, -0.2) is 18.1 Å². The average molecular weight is 222 g/mol. The molecule has 1 aromatic carbocycles. The lowest BCUT2D eigenvalue weighted by Gasteiger charge is -2.17. The number of Topliss-reactive ketones (excluding diaryl/α,β-unsaturated/α-hetero) is 1. The minimum absolute atomic E-state index is 0.165. The minimum atomic E-state index is 0.165. The van der Waals surface area contributed by atoms with Crippen molar-refractivity contribution >= 4 is 18.4 Å². The van der Waals surface area contributed by atoms with Crippen LogP contribution in [0.4, 0.5) is 0 Å². The van der Waals surface area contributed by atoms with Crippen molar-refractivity contribution in [3.8, 4) is 5.75 Å². The first kappa shape index (κ1) is 10.6. The molecule has 0 radical (unpaired) electrons. The number of hydrogen-bond donors (Lipinski definition) is 1. The second kappa shape index (κ2) is 4.71. The lowest BCUT2D eigenvalue weighted by Crippen LogP contribution is -2.09. The van der Waals surface area contributed by atoms with Crippen molar-refractivity contribution in [3.63, 3.8) is 0 Å². The van der Waals surface area contributed by atoms with Crippen molar-refractivity contribution in [1.29, 1.82) is 0 Å². The molecule has 1 heterocycles. The predicted octanol–water partition coefficient (Wildman–Crippen LogP) is 2.51. The number of ether oxygens (including phenoxy) is 1. The number of thiol groups is 1. The van der Waals surface area contributed by atoms with E-state index in [-0.39, 0.29) is 5.78 Å². The van der Waals surface area contributed by atoms with Gasteiger partial charge in [0.2, 0.25) is 0 Å². The summed E-state index contributed by atoms with van der Waals surface area (Å²) in [6.07, 6.45) is 2.55. The Labute approximate surface area is 95.0 Å². The van der Waals surface area contributed by atoms with E-state index in [4.69, 9.17) is 4.74 Å². The van der Waals surface area contributed by atoms with Gasteiger partial charge in [0.1, 0.15) is 5.75 Å². The largest absolute Gasteiger partial charge is 0.493 e. The fourth-order valence-corrected chi connectivity index (χ4v) is 1.98. The van der Waals surface area contributed by atoms with E-state index in [1.165, 1.54) is 0 Å². The molecule has 0 aliphatic carbocycles. The highest BCUT2D eigenvalue weighted by Gasteiger charge is 2.13. The molecule has 15 heavy (non-hydrogen) atoms. The van der Waals surface area contributed by atoms with E-state index in [2.05, 4.69) is 12.6 Å². The lowest BCUT2D eigenvalue weighted by atomic mass is 10.0. The van der Waals surface area contributed by atoms with Crippen LogP contribution in [0.25, 0.3) is 0 Å². The van der Waals surface area contributed by atoms with Crippen molar-refractivity contribution in [3.05, 3.63) is 29.3 Å². The molecule has 1 aliphatic heterocycles. The smallest absolute Gasteiger partial charge is 0.163 e. The Hall–Kier alpha value is -0.960. The molecule has 3 heteroatoms. The average Bonchev–Trinajstić information content (AvgIpc) is 2.29. The highest BCUT2D eigenvalue weighted by molar-refractivity contribution is 7.80. The fourth-order valence-electron chi connectivity index (χ4n) is 1.78. The molecule has 0 unspecified atom stereocenters. The first-order valence-corrected chi connectivity index (χ1v) is 5.84. The van der Waals surface area contributed by atoms with Crippen LogP contribution in [0.1, 0.15) is 28.8 Å². The maximum atomic E-state index is 11.6. The van der Waals surface area contributed by atoms with Crippen LogP contribution in [0.2, 0.25) is 0 Å². The van der Waals surface area contributed by atoms with Crippen LogP contribution < -0.4 is 4.74 Å². The zero-order valence-electron chi connectivity index (χ0n) is 8.53. The van der Waals surface area contributed by atoms with Crippen LogP contribution in [-0.2, 0) is 6.42 Å². The van der Waals surface area contributed by atoms with E-state index < -0.39 is 0 Å². The fraction of sp³-hybridized carbons (Fsp3) is 0.417. The summed E-state index contributed by atoms with van der Waals surface area (Å²) in [7, 11) is 0. The van der Waals surface area contributed by atoms with Gasteiger partial charge in [0.25, 0.3) is 0 Å². The molecule has 2 nitrogen and oxygen atoms in total. The van der Waals surface area contributed by atoms with E-state index in [9.17, 15) is 4.79 Å². The summed E-state index contributed by atoms with van der Waals surface area (Å²) in [6, 6.07) is 5.70. The summed E-state index contributed by atoms with van der Waals surface area (Å²) in [5.74, 6) is 1.70. The van der Waals surface area contributed by atoms with E-state index in [0.717, 1.165) is 36.3 Å². The Kier molecular flexibility index (Phi) is 3.31. The molecule has 1 aliphatic rings. The summed E-state index contributed by atoms with van der Waals surface area (Å²) in [6.45, 7) is 0.789. The Morgan fingerprint density at radius 3 is 3.13 bits per heavy atom. The third kappa shape index (κ3) is 2.34. The van der Waals surface area contributed by atoms with Gasteiger partial charge in [-0.25, -0.2) is 0 Å². The topological polar surface area (TPSA) is 26.3 Å². The van der Waals surface area contributed by atoms with E-state index >= 15 is 0 Å². The van der Waals surface area contributed by atoms with Crippen molar-refractivity contribution in [2.24, 2.45) is 0 Å². The number of rotatable bonds is 3. The molecule has 0 N–H and O–H groups in total. The van der Waals surface area contributed by atoms with Gasteiger partial charge < -0.3 is 4.74 Å². The lowest BCUT2D eigenvalue weighted by molar-refractivity contribution is 0.0989. The molecule has 0 atom stereocenters. The van der Waals surface area contributed by atoms with Gasteiger partial charge in [-0.15, -0.1) is 0 Å². The monoisotopic (exact) mass is 222 g/mol. The van der Waals surface area contributed by atoms with Crippen LogP contribution >= 0.6 is 12.6 Å². The maximum Gasteiger partial charge on any atom is 0.163 e. The number of carbonyl (C=O) groups excluding carboxylic acids is 1. The molecule has 0 bridgehead atoms. The number of ketones is 1. The summed E-state index contributed by atoms with van der Waals surface area (Å²) in [5, 5.41) is 0. The van der Waals surface area contributed by atoms with Gasteiger partial charge in [-0.3, -0.25) is 4.79 Å². The molecule has 2 rings (SSSR count). The van der Waals surface area contributed by atoms with Gasteiger partial charge in [-0.05, 0) is 42.4 Å². The minimum Gasteiger partial charge on any atom is -0.493 e. The first-order chi connectivity index (χ1) is 7.31. The number of aryl methyl sites for hydroxylation is 1. The summed E-state index contributed by atoms with van der Waals surface area (Å²) in [4.78, 5) is 11.6. The van der Waals surface area contributed by atoms with Crippen molar-refractivity contribution in [1.82, 2.24) is 0 Å². The number of hydrogen-bond acceptors (Lipinski definition) is 3. The Morgan fingerprint density at radius 1 is 1.47 bits per heavy atom. The van der Waals surface area contributed by atoms with Gasteiger partial charge in [-0.2, -0.15) is 12.6 Å². The van der Waals surface area contributed by atoms with Gasteiger partial charge in [0.15, 0.2) is 5.78 Å². The molecular formula is C12H14O2S. The highest BCUT2D eigenvalue weighted by Crippen LogP contribution is 2.25. The van der Waals surface area contributed by atoms with E-state index in [1.807, 2.05) is 18.2 Å². The van der Waals surface area contributed by atoms with Crippen LogP contribution in [0.15, 0.2) is 18.2 Å². The number of carbonyl (C=O) groups is 1. The van der Waals surface area contributed by atoms with Crippen LogP contribution in [0.5, 0.6) is 5.75 Å². The van der Waals surface area contributed by atoms with Crippen LogP contribution in [0, 0.1) is 0 Å². The first-order valence-electron chi connectivity index (χ1n) is 5.21. The third-order valence-corrected chi connectivity index (χ3v) is 2.79. The molecule has 0 saturated heterocycles. The predicted molar refractivity (Wildman–Crippen MR) is 63.1 cm³/mol. The molecule has 80 valence electrons. The van der Waals surface area contributed by atoms with Gasteiger partial charge in [0, 0.05) is 12.0 Å². The number of benzene rings is 1. The molecule has 0 fully saturated rings. The van der Waals surface area contributed by atoms with Gasteiger partial charge in [-0.1, -0.05) is 0 Å². The van der Waals surface area contributed by atoms with Crippen molar-refractivity contribution in [2.45, 2.75) is 19.3 Å². The third-order valence-electron chi connectivity index (χ3n) is 2.57. The summed E-state index contributed by atoms with van der Waals surface area (Å²) >= 11 is 4.06. The van der Waals surface area contributed by atoms with Crippen LogP contribution in [0.3, 0.4) is 0 Å². The van der Waals surface area contributed by atoms with E-state index in [1.54, 1.807) is 0 Å². The van der Waals surface area contributed by atoms with Crippen molar-refractivity contribution in [2.75, 3.05) is 12.4 Å². The molecule has 0 saturated carbocycles. The molecule has 0 amide bonds. The van der Waals surface area contributed by atoms with Crippen molar-refractivity contribution < 1.29 is 9.53 Å². The standard InChI is InChI=1S/C12H14O2S/c13-11(5-7-15)9-3-4-12-10(8-9)2-1-6-14-12/h3-4,8,15H,1-2,5-7H2. The zero-order valence-corrected chi connectivity index (χ0v) is 9.43. The summed E-state index contributed by atoms with van der Waals surface area (Å²) < 4.78 is 5.49. The SMILES string of the molecule is O=C(CCS)c1ccc2c(c1)CCCO2. The second-order valence-corrected chi connectivity index (χ2v) is 4.12. The molecule has 1 aromatic rings. The molecule has 0 spiro atoms. The molecular weight excluding hydrogens is 208 g/mol. The molecule has 0 aromatic heterocycles. The second-order valence-electron chi connectivity index (χ2n) is 3.67.